The molecule has 0 bridgehead atoms. The molecular weight excluding hydrogens is 396 g/mol. The molecule has 0 unspecified atom stereocenters. The van der Waals surface area contributed by atoms with Crippen molar-refractivity contribution in [3.8, 4) is 10.4 Å². The standard InChI is InChI=1S/C24H28N2O3S/c1-2-11-25-12-13-26(24(28)21-5-3-14-29-21)17-20(23(25)27)16-18-7-9-19(10-8-18)22-6-4-15-30-22/h2,4,6-10,15,20-21H,1,3,5,11-14,16-17H2/t20-,21-/m0/s1. The molecule has 6 heteroatoms. The Hall–Kier alpha value is -2.44. The number of carbonyl (C=O) groups is 2. The number of ether oxygens (including phenoxy) is 1. The van der Waals surface area contributed by atoms with Crippen molar-refractivity contribution in [3.05, 3.63) is 60.0 Å². The smallest absolute Gasteiger partial charge is 0.251 e. The number of amides is 2. The Kier molecular flexibility index (Phi) is 6.65. The van der Waals surface area contributed by atoms with E-state index in [-0.39, 0.29) is 23.8 Å². The SMILES string of the molecule is C=CCN1CCN(C(=O)[C@@H]2CCCO2)C[C@H](Cc2ccc(-c3cccs3)cc2)C1=O. The van der Waals surface area contributed by atoms with Crippen molar-refractivity contribution in [1.82, 2.24) is 9.80 Å². The van der Waals surface area contributed by atoms with Crippen LogP contribution in [0.25, 0.3) is 10.4 Å². The molecule has 3 heterocycles. The van der Waals surface area contributed by atoms with Gasteiger partial charge in [-0.2, -0.15) is 0 Å². The normalized spacial score (nSPS) is 22.2. The van der Waals surface area contributed by atoms with Gasteiger partial charge in [0.25, 0.3) is 5.91 Å². The molecule has 2 aliphatic rings. The third kappa shape index (κ3) is 4.65. The van der Waals surface area contributed by atoms with E-state index in [0.29, 0.717) is 39.2 Å². The molecule has 158 valence electrons. The van der Waals surface area contributed by atoms with Crippen LogP contribution in [0, 0.1) is 5.92 Å². The van der Waals surface area contributed by atoms with Crippen LogP contribution in [0.4, 0.5) is 0 Å². The van der Waals surface area contributed by atoms with Gasteiger partial charge in [0.15, 0.2) is 0 Å². The predicted octanol–water partition coefficient (Wildman–Crippen LogP) is 3.61. The van der Waals surface area contributed by atoms with Gasteiger partial charge in [-0.25, -0.2) is 0 Å². The number of hydrogen-bond acceptors (Lipinski definition) is 4. The Morgan fingerprint density at radius 2 is 2.07 bits per heavy atom. The summed E-state index contributed by atoms with van der Waals surface area (Å²) in [5, 5.41) is 2.07. The molecule has 2 amide bonds. The van der Waals surface area contributed by atoms with E-state index in [9.17, 15) is 9.59 Å². The third-order valence-corrected chi connectivity index (χ3v) is 6.77. The van der Waals surface area contributed by atoms with E-state index in [0.717, 1.165) is 18.4 Å². The van der Waals surface area contributed by atoms with Crippen molar-refractivity contribution in [1.29, 1.82) is 0 Å². The molecule has 1 aromatic carbocycles. The van der Waals surface area contributed by atoms with Crippen molar-refractivity contribution in [2.75, 3.05) is 32.8 Å². The first-order valence-corrected chi connectivity index (χ1v) is 11.5. The molecule has 4 rings (SSSR count). The van der Waals surface area contributed by atoms with Crippen LogP contribution in [0.1, 0.15) is 18.4 Å². The third-order valence-electron chi connectivity index (χ3n) is 5.85. The zero-order chi connectivity index (χ0) is 20.9. The number of carbonyl (C=O) groups excluding carboxylic acids is 2. The van der Waals surface area contributed by atoms with Gasteiger partial charge in [0.05, 0.1) is 5.92 Å². The summed E-state index contributed by atoms with van der Waals surface area (Å²) in [5.74, 6) is -0.135. The van der Waals surface area contributed by atoms with Crippen molar-refractivity contribution in [3.63, 3.8) is 0 Å². The zero-order valence-corrected chi connectivity index (χ0v) is 18.0. The van der Waals surface area contributed by atoms with Gasteiger partial charge in [-0.1, -0.05) is 36.4 Å². The minimum Gasteiger partial charge on any atom is -0.368 e. The monoisotopic (exact) mass is 424 g/mol. The number of benzene rings is 1. The zero-order valence-electron chi connectivity index (χ0n) is 17.2. The second kappa shape index (κ2) is 9.58. The highest BCUT2D eigenvalue weighted by atomic mass is 32.1. The summed E-state index contributed by atoms with van der Waals surface area (Å²) in [6.45, 7) is 6.47. The largest absolute Gasteiger partial charge is 0.368 e. The molecule has 1 aromatic heterocycles. The van der Waals surface area contributed by atoms with Crippen LogP contribution < -0.4 is 0 Å². The van der Waals surface area contributed by atoms with Crippen LogP contribution in [-0.4, -0.2) is 60.5 Å². The maximum atomic E-state index is 13.2. The Labute approximate surface area is 181 Å². The van der Waals surface area contributed by atoms with Crippen LogP contribution >= 0.6 is 11.3 Å². The number of rotatable bonds is 6. The Morgan fingerprint density at radius 3 is 2.73 bits per heavy atom. The molecule has 0 N–H and O–H groups in total. The van der Waals surface area contributed by atoms with Crippen LogP contribution in [0.2, 0.25) is 0 Å². The van der Waals surface area contributed by atoms with Crippen molar-refractivity contribution in [2.24, 2.45) is 5.92 Å². The average molecular weight is 425 g/mol. The van der Waals surface area contributed by atoms with Gasteiger partial charge in [-0.15, -0.1) is 17.9 Å². The molecule has 0 radical (unpaired) electrons. The van der Waals surface area contributed by atoms with Crippen molar-refractivity contribution in [2.45, 2.75) is 25.4 Å². The lowest BCUT2D eigenvalue weighted by Gasteiger charge is -2.25. The lowest BCUT2D eigenvalue weighted by molar-refractivity contribution is -0.141. The lowest BCUT2D eigenvalue weighted by Crippen LogP contribution is -2.42. The van der Waals surface area contributed by atoms with E-state index in [2.05, 4.69) is 42.3 Å². The van der Waals surface area contributed by atoms with Gasteiger partial charge < -0.3 is 14.5 Å². The number of thiophene rings is 1. The molecule has 0 spiro atoms. The maximum Gasteiger partial charge on any atom is 0.251 e. The van der Waals surface area contributed by atoms with Gasteiger partial charge in [-0.05, 0) is 41.8 Å². The van der Waals surface area contributed by atoms with E-state index in [1.165, 1.54) is 10.4 Å². The first-order chi connectivity index (χ1) is 14.7. The van der Waals surface area contributed by atoms with Gasteiger partial charge >= 0.3 is 0 Å². The molecule has 2 aliphatic heterocycles. The molecule has 2 atom stereocenters. The fourth-order valence-corrected chi connectivity index (χ4v) is 4.98. The summed E-state index contributed by atoms with van der Waals surface area (Å²) in [7, 11) is 0. The first-order valence-electron chi connectivity index (χ1n) is 10.6. The molecular formula is C24H28N2O3S. The second-order valence-corrected chi connectivity index (χ2v) is 8.88. The quantitative estimate of drug-likeness (QED) is 0.666. The second-order valence-electron chi connectivity index (χ2n) is 7.93. The van der Waals surface area contributed by atoms with Crippen molar-refractivity contribution >= 4 is 23.2 Å². The number of hydrogen-bond donors (Lipinski definition) is 0. The molecule has 0 aliphatic carbocycles. The summed E-state index contributed by atoms with van der Waals surface area (Å²) in [6.07, 6.45) is 3.71. The highest BCUT2D eigenvalue weighted by Crippen LogP contribution is 2.26. The van der Waals surface area contributed by atoms with E-state index >= 15 is 0 Å². The highest BCUT2D eigenvalue weighted by molar-refractivity contribution is 7.13. The fraction of sp³-hybridized carbons (Fsp3) is 0.417. The van der Waals surface area contributed by atoms with E-state index < -0.39 is 0 Å². The van der Waals surface area contributed by atoms with E-state index in [1.807, 2.05) is 15.9 Å². The average Bonchev–Trinajstić information content (AvgIpc) is 3.46. The van der Waals surface area contributed by atoms with Gasteiger partial charge in [0.1, 0.15) is 6.10 Å². The van der Waals surface area contributed by atoms with E-state index in [1.54, 1.807) is 17.4 Å². The van der Waals surface area contributed by atoms with Gasteiger partial charge in [-0.3, -0.25) is 9.59 Å². The Balaban J connectivity index is 1.50. The summed E-state index contributed by atoms with van der Waals surface area (Å²) < 4.78 is 5.61. The van der Waals surface area contributed by atoms with E-state index in [4.69, 9.17) is 4.74 Å². The maximum absolute atomic E-state index is 13.2. The molecule has 2 saturated heterocycles. The molecule has 2 aromatic rings. The molecule has 30 heavy (non-hydrogen) atoms. The summed E-state index contributed by atoms with van der Waals surface area (Å²) in [6, 6.07) is 12.6. The van der Waals surface area contributed by atoms with Crippen molar-refractivity contribution < 1.29 is 14.3 Å². The van der Waals surface area contributed by atoms with Crippen LogP contribution in [-0.2, 0) is 20.7 Å². The molecule has 2 fully saturated rings. The van der Waals surface area contributed by atoms with Crippen LogP contribution in [0.5, 0.6) is 0 Å². The lowest BCUT2D eigenvalue weighted by atomic mass is 9.96. The van der Waals surface area contributed by atoms with Crippen LogP contribution in [0.3, 0.4) is 0 Å². The summed E-state index contributed by atoms with van der Waals surface area (Å²) in [5.41, 5.74) is 2.29. The number of nitrogens with zero attached hydrogens (tertiary/aromatic N) is 2. The predicted molar refractivity (Wildman–Crippen MR) is 119 cm³/mol. The topological polar surface area (TPSA) is 49.9 Å². The highest BCUT2D eigenvalue weighted by Gasteiger charge is 2.35. The Morgan fingerprint density at radius 1 is 1.23 bits per heavy atom. The Bertz CT molecular complexity index is 872. The molecule has 5 nitrogen and oxygen atoms in total. The van der Waals surface area contributed by atoms with Crippen LogP contribution in [0.15, 0.2) is 54.4 Å². The molecule has 0 saturated carbocycles. The summed E-state index contributed by atoms with van der Waals surface area (Å²) >= 11 is 1.72. The summed E-state index contributed by atoms with van der Waals surface area (Å²) in [4.78, 5) is 31.0. The minimum absolute atomic E-state index is 0.0267. The minimum atomic E-state index is -0.350. The van der Waals surface area contributed by atoms with Gasteiger partial charge in [0.2, 0.25) is 5.91 Å². The first kappa shape index (κ1) is 20.8. The fourth-order valence-electron chi connectivity index (χ4n) is 4.24. The van der Waals surface area contributed by atoms with Gasteiger partial charge in [0, 0.05) is 37.7 Å².